The Labute approximate surface area is 189 Å². The highest BCUT2D eigenvalue weighted by Crippen LogP contribution is 2.33. The molecule has 4 nitrogen and oxygen atoms in total. The Bertz CT molecular complexity index is 1540. The van der Waals surface area contributed by atoms with Crippen LogP contribution in [0.4, 0.5) is 0 Å². The molecule has 0 radical (unpaired) electrons. The Balaban J connectivity index is 1.77. The Morgan fingerprint density at radius 1 is 0.839 bits per heavy atom. The second-order valence-corrected chi connectivity index (χ2v) is 10.5. The van der Waals surface area contributed by atoms with Gasteiger partial charge in [-0.25, -0.2) is 12.4 Å². The van der Waals surface area contributed by atoms with E-state index < -0.39 is 10.0 Å². The summed E-state index contributed by atoms with van der Waals surface area (Å²) in [6.45, 7) is 2.01. The molecule has 2 aromatic heterocycles. The molecule has 0 spiro atoms. The minimum absolute atomic E-state index is 0.274. The summed E-state index contributed by atoms with van der Waals surface area (Å²) in [5.74, 6) is 0. The van der Waals surface area contributed by atoms with E-state index in [0.717, 1.165) is 37.6 Å². The van der Waals surface area contributed by atoms with E-state index in [1.54, 1.807) is 24.3 Å². The number of rotatable bonds is 4. The van der Waals surface area contributed by atoms with Crippen LogP contribution in [0.2, 0.25) is 0 Å². The number of benzene rings is 3. The van der Waals surface area contributed by atoms with Gasteiger partial charge in [0.15, 0.2) is 0 Å². The lowest BCUT2D eigenvalue weighted by Crippen LogP contribution is -2.16. The molecule has 0 amide bonds. The zero-order chi connectivity index (χ0) is 21.8. The zero-order valence-electron chi connectivity index (χ0n) is 17.2. The number of hydrogen-bond donors (Lipinski definition) is 0. The third-order valence-electron chi connectivity index (χ3n) is 5.89. The predicted octanol–water partition coefficient (Wildman–Crippen LogP) is 6.03. The summed E-state index contributed by atoms with van der Waals surface area (Å²) in [6, 6.07) is 22.7. The third kappa shape index (κ3) is 3.22. The molecule has 0 saturated heterocycles. The van der Waals surface area contributed by atoms with Crippen LogP contribution in [0.25, 0.3) is 21.8 Å². The van der Waals surface area contributed by atoms with Gasteiger partial charge < -0.3 is 4.57 Å². The largest absolute Gasteiger partial charge is 0.350 e. The third-order valence-corrected chi connectivity index (χ3v) is 8.19. The smallest absolute Gasteiger partial charge is 0.268 e. The number of halogens is 1. The molecule has 3 aromatic carbocycles. The maximum atomic E-state index is 13.8. The molecular weight excluding hydrogens is 472 g/mol. The Kier molecular flexibility index (Phi) is 4.79. The molecule has 6 heteroatoms. The van der Waals surface area contributed by atoms with Gasteiger partial charge in [-0.1, -0.05) is 52.3 Å². The molecule has 0 aliphatic heterocycles. The second kappa shape index (κ2) is 7.39. The van der Waals surface area contributed by atoms with Crippen molar-refractivity contribution >= 4 is 47.8 Å². The molecule has 156 valence electrons. The van der Waals surface area contributed by atoms with E-state index >= 15 is 0 Å². The molecule has 0 fully saturated rings. The fourth-order valence-electron chi connectivity index (χ4n) is 4.36. The Morgan fingerprint density at radius 2 is 1.45 bits per heavy atom. The SMILES string of the molecule is Cc1c(Cc2cn(C)c3ccccc23)n(S(=O)(=O)c2ccc(Br)cc2)c2ccccc12. The second-order valence-electron chi connectivity index (χ2n) is 7.77. The van der Waals surface area contributed by atoms with Gasteiger partial charge in [0.1, 0.15) is 0 Å². The molecule has 5 rings (SSSR count). The van der Waals surface area contributed by atoms with Gasteiger partial charge in [0.25, 0.3) is 10.0 Å². The van der Waals surface area contributed by atoms with Gasteiger partial charge in [-0.05, 0) is 54.4 Å². The van der Waals surface area contributed by atoms with Crippen LogP contribution < -0.4 is 0 Å². The molecule has 0 bridgehead atoms. The summed E-state index contributed by atoms with van der Waals surface area (Å²) in [5.41, 5.74) is 4.73. The monoisotopic (exact) mass is 492 g/mol. The zero-order valence-corrected chi connectivity index (χ0v) is 19.6. The average molecular weight is 493 g/mol. The summed E-state index contributed by atoms with van der Waals surface area (Å²) in [5, 5.41) is 2.10. The molecule has 0 aliphatic carbocycles. The number of hydrogen-bond acceptors (Lipinski definition) is 2. The predicted molar refractivity (Wildman–Crippen MR) is 129 cm³/mol. The van der Waals surface area contributed by atoms with Crippen LogP contribution in [0.15, 0.2) is 88.4 Å². The Hall–Kier alpha value is -2.83. The van der Waals surface area contributed by atoms with Crippen molar-refractivity contribution in [3.8, 4) is 0 Å². The molecule has 0 N–H and O–H groups in total. The number of aryl methyl sites for hydroxylation is 2. The van der Waals surface area contributed by atoms with Crippen LogP contribution in [0.5, 0.6) is 0 Å². The summed E-state index contributed by atoms with van der Waals surface area (Å²) >= 11 is 3.39. The normalized spacial score (nSPS) is 12.1. The van der Waals surface area contributed by atoms with Crippen molar-refractivity contribution in [2.45, 2.75) is 18.2 Å². The van der Waals surface area contributed by atoms with E-state index in [-0.39, 0.29) is 4.90 Å². The molecule has 0 atom stereocenters. The summed E-state index contributed by atoms with van der Waals surface area (Å²) in [7, 11) is -1.75. The number of nitrogens with zero attached hydrogens (tertiary/aromatic N) is 2. The van der Waals surface area contributed by atoms with Crippen molar-refractivity contribution in [3.05, 3.63) is 100 Å². The molecule has 0 aliphatic rings. The highest BCUT2D eigenvalue weighted by Gasteiger charge is 2.26. The fourth-order valence-corrected chi connectivity index (χ4v) is 6.22. The first-order valence-electron chi connectivity index (χ1n) is 10.0. The van der Waals surface area contributed by atoms with Crippen molar-refractivity contribution in [3.63, 3.8) is 0 Å². The molecule has 0 saturated carbocycles. The molecule has 2 heterocycles. The van der Waals surface area contributed by atoms with E-state index in [1.165, 1.54) is 3.97 Å². The minimum atomic E-state index is -3.77. The number of fused-ring (bicyclic) bond motifs is 2. The van der Waals surface area contributed by atoms with Crippen LogP contribution in [-0.2, 0) is 23.5 Å². The van der Waals surface area contributed by atoms with E-state index in [0.29, 0.717) is 11.9 Å². The summed E-state index contributed by atoms with van der Waals surface area (Å²) in [4.78, 5) is 0.274. The van der Waals surface area contributed by atoms with E-state index in [9.17, 15) is 8.42 Å². The maximum Gasteiger partial charge on any atom is 0.268 e. The van der Waals surface area contributed by atoms with Gasteiger partial charge in [-0.3, -0.25) is 0 Å². The highest BCUT2D eigenvalue weighted by atomic mass is 79.9. The van der Waals surface area contributed by atoms with E-state index in [1.807, 2.05) is 50.4 Å². The van der Waals surface area contributed by atoms with Gasteiger partial charge >= 0.3 is 0 Å². The van der Waals surface area contributed by atoms with Crippen molar-refractivity contribution in [1.82, 2.24) is 8.54 Å². The van der Waals surface area contributed by atoms with Crippen LogP contribution in [0.3, 0.4) is 0 Å². The maximum absolute atomic E-state index is 13.8. The standard InChI is InChI=1S/C25H21BrN2O2S/c1-17-21-7-3-6-10-24(21)28(31(29,30)20-13-11-19(26)12-14-20)25(17)15-18-16-27(2)23-9-5-4-8-22(18)23/h3-14,16H,15H2,1-2H3. The summed E-state index contributed by atoms with van der Waals surface area (Å²) in [6.07, 6.45) is 2.62. The highest BCUT2D eigenvalue weighted by molar-refractivity contribution is 9.10. The lowest BCUT2D eigenvalue weighted by molar-refractivity contribution is 0.587. The average Bonchev–Trinajstić information content (AvgIpc) is 3.24. The summed E-state index contributed by atoms with van der Waals surface area (Å²) < 4.78 is 32.1. The van der Waals surface area contributed by atoms with Gasteiger partial charge in [0.2, 0.25) is 0 Å². The van der Waals surface area contributed by atoms with Crippen LogP contribution in [0, 0.1) is 6.92 Å². The van der Waals surface area contributed by atoms with Crippen LogP contribution in [0.1, 0.15) is 16.8 Å². The lowest BCUT2D eigenvalue weighted by Gasteiger charge is -2.13. The van der Waals surface area contributed by atoms with Gasteiger partial charge in [0.05, 0.1) is 10.4 Å². The molecule has 5 aromatic rings. The number of para-hydroxylation sites is 2. The molecule has 31 heavy (non-hydrogen) atoms. The number of aromatic nitrogens is 2. The molecule has 0 unspecified atom stereocenters. The van der Waals surface area contributed by atoms with E-state index in [2.05, 4.69) is 38.8 Å². The lowest BCUT2D eigenvalue weighted by atomic mass is 10.1. The van der Waals surface area contributed by atoms with Crippen molar-refractivity contribution < 1.29 is 8.42 Å². The van der Waals surface area contributed by atoms with Crippen molar-refractivity contribution in [2.24, 2.45) is 7.05 Å². The van der Waals surface area contributed by atoms with Crippen LogP contribution >= 0.6 is 15.9 Å². The first-order valence-corrected chi connectivity index (χ1v) is 12.2. The van der Waals surface area contributed by atoms with Gasteiger partial charge in [0, 0.05) is 46.1 Å². The van der Waals surface area contributed by atoms with Crippen molar-refractivity contribution in [1.29, 1.82) is 0 Å². The van der Waals surface area contributed by atoms with Gasteiger partial charge in [-0.15, -0.1) is 0 Å². The van der Waals surface area contributed by atoms with Crippen molar-refractivity contribution in [2.75, 3.05) is 0 Å². The quantitative estimate of drug-likeness (QED) is 0.307. The minimum Gasteiger partial charge on any atom is -0.350 e. The first-order chi connectivity index (χ1) is 14.9. The fraction of sp³-hybridized carbons (Fsp3) is 0.120. The van der Waals surface area contributed by atoms with E-state index in [4.69, 9.17) is 0 Å². The first kappa shape index (κ1) is 20.1. The topological polar surface area (TPSA) is 44.0 Å². The van der Waals surface area contributed by atoms with Gasteiger partial charge in [-0.2, -0.15) is 0 Å². The molecular formula is C25H21BrN2O2S. The Morgan fingerprint density at radius 3 is 2.16 bits per heavy atom. The van der Waals surface area contributed by atoms with Crippen LogP contribution in [-0.4, -0.2) is 17.0 Å².